The van der Waals surface area contributed by atoms with Crippen LogP contribution in [0.15, 0.2) is 30.3 Å². The van der Waals surface area contributed by atoms with Crippen LogP contribution in [0.2, 0.25) is 0 Å². The number of Topliss-reactive ketones (excluding diaryl/α,β-unsaturated/α-hetero) is 1. The van der Waals surface area contributed by atoms with Gasteiger partial charge < -0.3 is 15.0 Å². The maximum Gasteiger partial charge on any atom is 0.340 e. The normalized spacial score (nSPS) is 13.3. The summed E-state index contributed by atoms with van der Waals surface area (Å²) in [7, 11) is 0. The Labute approximate surface area is 148 Å². The number of ketones is 1. The third-order valence-corrected chi connectivity index (χ3v) is 4.36. The van der Waals surface area contributed by atoms with E-state index < -0.39 is 5.97 Å². The molecule has 0 aliphatic heterocycles. The van der Waals surface area contributed by atoms with E-state index in [4.69, 9.17) is 4.74 Å². The van der Waals surface area contributed by atoms with E-state index in [9.17, 15) is 9.59 Å². The van der Waals surface area contributed by atoms with Crippen molar-refractivity contribution in [1.29, 1.82) is 0 Å². The van der Waals surface area contributed by atoms with Crippen LogP contribution < -0.4 is 5.32 Å². The van der Waals surface area contributed by atoms with Crippen LogP contribution in [0.4, 0.5) is 0 Å². The fourth-order valence-electron chi connectivity index (χ4n) is 3.01. The average Bonchev–Trinajstić information content (AvgIpc) is 2.89. The summed E-state index contributed by atoms with van der Waals surface area (Å²) in [4.78, 5) is 28.0. The van der Waals surface area contributed by atoms with Crippen LogP contribution in [0.5, 0.6) is 0 Å². The van der Waals surface area contributed by atoms with Crippen LogP contribution in [0, 0.1) is 13.8 Å². The van der Waals surface area contributed by atoms with Crippen LogP contribution in [-0.2, 0) is 4.74 Å². The highest BCUT2D eigenvalue weighted by Crippen LogP contribution is 2.21. The Kier molecular flexibility index (Phi) is 6.15. The number of H-pyrrole nitrogens is 1. The van der Waals surface area contributed by atoms with Crippen molar-refractivity contribution in [3.8, 4) is 0 Å². The molecule has 0 saturated carbocycles. The van der Waals surface area contributed by atoms with Crippen LogP contribution >= 0.6 is 0 Å². The first kappa shape index (κ1) is 18.9. The fraction of sp³-hybridized carbons (Fsp3) is 0.400. The van der Waals surface area contributed by atoms with E-state index in [2.05, 4.69) is 10.3 Å². The lowest BCUT2D eigenvalue weighted by Gasteiger charge is -2.19. The number of hydrogen-bond acceptors (Lipinski definition) is 4. The predicted octanol–water partition coefficient (Wildman–Crippen LogP) is 3.73. The molecule has 1 aromatic heterocycles. The van der Waals surface area contributed by atoms with E-state index >= 15 is 0 Å². The molecule has 2 rings (SSSR count). The summed E-state index contributed by atoms with van der Waals surface area (Å²) in [6.07, 6.45) is 0. The topological polar surface area (TPSA) is 71.2 Å². The fourth-order valence-corrected chi connectivity index (χ4v) is 3.01. The van der Waals surface area contributed by atoms with Gasteiger partial charge in [-0.3, -0.25) is 4.79 Å². The monoisotopic (exact) mass is 342 g/mol. The molecule has 0 amide bonds. The zero-order valence-electron chi connectivity index (χ0n) is 15.5. The van der Waals surface area contributed by atoms with Crippen molar-refractivity contribution in [3.05, 3.63) is 58.4 Å². The summed E-state index contributed by atoms with van der Waals surface area (Å²) < 4.78 is 5.08. The molecule has 2 atom stereocenters. The van der Waals surface area contributed by atoms with Crippen molar-refractivity contribution in [2.75, 3.05) is 6.61 Å². The van der Waals surface area contributed by atoms with E-state index in [-0.39, 0.29) is 17.9 Å². The second kappa shape index (κ2) is 8.12. The van der Waals surface area contributed by atoms with Gasteiger partial charge in [-0.25, -0.2) is 4.79 Å². The molecule has 1 aromatic carbocycles. The number of carbonyl (C=O) groups excluding carboxylic acids is 2. The lowest BCUT2D eigenvalue weighted by molar-refractivity contribution is 0.0525. The number of rotatable bonds is 7. The minimum Gasteiger partial charge on any atom is -0.462 e. The number of carbonyl (C=O) groups is 2. The molecule has 0 spiro atoms. The maximum atomic E-state index is 12.8. The van der Waals surface area contributed by atoms with Crippen molar-refractivity contribution in [1.82, 2.24) is 10.3 Å². The van der Waals surface area contributed by atoms with Crippen molar-refractivity contribution in [2.45, 2.75) is 46.7 Å². The van der Waals surface area contributed by atoms with Crippen LogP contribution in [0.1, 0.15) is 64.5 Å². The van der Waals surface area contributed by atoms with Crippen molar-refractivity contribution >= 4 is 11.8 Å². The second-order valence-electron chi connectivity index (χ2n) is 6.23. The molecule has 5 nitrogen and oxygen atoms in total. The zero-order chi connectivity index (χ0) is 18.6. The molecular formula is C20H26N2O3. The molecule has 0 aliphatic rings. The SMILES string of the molecule is CCOC(=O)c1c(C)[nH]c(C(=O)[C@H](C)N[C@H](C)c2ccccc2)c1C. The Balaban J connectivity index is 2.17. The van der Waals surface area contributed by atoms with Crippen LogP contribution in [-0.4, -0.2) is 29.4 Å². The number of aromatic nitrogens is 1. The summed E-state index contributed by atoms with van der Waals surface area (Å²) in [6.45, 7) is 9.48. The maximum absolute atomic E-state index is 12.8. The first-order valence-corrected chi connectivity index (χ1v) is 8.58. The molecular weight excluding hydrogens is 316 g/mol. The van der Waals surface area contributed by atoms with E-state index in [1.807, 2.05) is 44.2 Å². The van der Waals surface area contributed by atoms with Crippen molar-refractivity contribution < 1.29 is 14.3 Å². The highest BCUT2D eigenvalue weighted by atomic mass is 16.5. The number of esters is 1. The van der Waals surface area contributed by atoms with Crippen LogP contribution in [0.3, 0.4) is 0 Å². The molecule has 0 bridgehead atoms. The Morgan fingerprint density at radius 1 is 1.16 bits per heavy atom. The summed E-state index contributed by atoms with van der Waals surface area (Å²) in [6, 6.07) is 9.62. The van der Waals surface area contributed by atoms with E-state index in [0.717, 1.165) is 5.56 Å². The first-order valence-electron chi connectivity index (χ1n) is 8.58. The standard InChI is InChI=1S/C20H26N2O3/c1-6-25-20(24)17-12(2)18(22-14(17)4)19(23)15(5)21-13(3)16-10-8-7-9-11-16/h7-11,13,15,21-22H,6H2,1-5H3/t13-,15+/m1/s1. The molecule has 1 heterocycles. The van der Waals surface area contributed by atoms with Crippen molar-refractivity contribution in [2.24, 2.45) is 0 Å². The van der Waals surface area contributed by atoms with Crippen molar-refractivity contribution in [3.63, 3.8) is 0 Å². The Morgan fingerprint density at radius 3 is 2.40 bits per heavy atom. The van der Waals surface area contributed by atoms with E-state index in [1.165, 1.54) is 0 Å². The quantitative estimate of drug-likeness (QED) is 0.594. The molecule has 0 saturated heterocycles. The van der Waals surface area contributed by atoms with Gasteiger partial charge in [-0.2, -0.15) is 0 Å². The molecule has 134 valence electrons. The molecule has 25 heavy (non-hydrogen) atoms. The lowest BCUT2D eigenvalue weighted by Crippen LogP contribution is -2.36. The molecule has 0 radical (unpaired) electrons. The second-order valence-corrected chi connectivity index (χ2v) is 6.23. The molecule has 2 aromatic rings. The van der Waals surface area contributed by atoms with E-state index in [0.29, 0.717) is 29.1 Å². The highest BCUT2D eigenvalue weighted by molar-refractivity contribution is 6.03. The number of benzene rings is 1. The molecule has 0 fully saturated rings. The molecule has 2 N–H and O–H groups in total. The lowest BCUT2D eigenvalue weighted by atomic mass is 10.0. The van der Waals surface area contributed by atoms with E-state index in [1.54, 1.807) is 20.8 Å². The Bertz CT molecular complexity index is 750. The van der Waals surface area contributed by atoms with Crippen LogP contribution in [0.25, 0.3) is 0 Å². The number of aromatic amines is 1. The number of nitrogens with one attached hydrogen (secondary N) is 2. The Hall–Kier alpha value is -2.40. The highest BCUT2D eigenvalue weighted by Gasteiger charge is 2.26. The number of aryl methyl sites for hydroxylation is 1. The Morgan fingerprint density at radius 2 is 1.80 bits per heavy atom. The number of ether oxygens (including phenoxy) is 1. The van der Waals surface area contributed by atoms with Gasteiger partial charge in [0.1, 0.15) is 0 Å². The minimum atomic E-state index is -0.397. The minimum absolute atomic E-state index is 0.0426. The average molecular weight is 342 g/mol. The summed E-state index contributed by atoms with van der Waals surface area (Å²) in [5.74, 6) is -0.468. The first-order chi connectivity index (χ1) is 11.9. The van der Waals surface area contributed by atoms with Gasteiger partial charge in [-0.15, -0.1) is 0 Å². The van der Waals surface area contributed by atoms with Gasteiger partial charge in [0, 0.05) is 11.7 Å². The van der Waals surface area contributed by atoms with Gasteiger partial charge in [0.05, 0.1) is 23.9 Å². The van der Waals surface area contributed by atoms with Gasteiger partial charge in [-0.05, 0) is 45.7 Å². The number of hydrogen-bond donors (Lipinski definition) is 2. The zero-order valence-corrected chi connectivity index (χ0v) is 15.5. The third kappa shape index (κ3) is 4.17. The third-order valence-electron chi connectivity index (χ3n) is 4.36. The molecule has 5 heteroatoms. The summed E-state index contributed by atoms with van der Waals surface area (Å²) >= 11 is 0. The predicted molar refractivity (Wildman–Crippen MR) is 98.0 cm³/mol. The summed E-state index contributed by atoms with van der Waals surface area (Å²) in [5.41, 5.74) is 3.33. The van der Waals surface area contributed by atoms with Gasteiger partial charge in [0.15, 0.2) is 5.78 Å². The van der Waals surface area contributed by atoms with Gasteiger partial charge in [0.25, 0.3) is 0 Å². The molecule has 0 aliphatic carbocycles. The van der Waals surface area contributed by atoms with Gasteiger partial charge in [0.2, 0.25) is 0 Å². The van der Waals surface area contributed by atoms with Gasteiger partial charge in [-0.1, -0.05) is 30.3 Å². The largest absolute Gasteiger partial charge is 0.462 e. The van der Waals surface area contributed by atoms with Gasteiger partial charge >= 0.3 is 5.97 Å². The smallest absolute Gasteiger partial charge is 0.340 e. The summed E-state index contributed by atoms with van der Waals surface area (Å²) in [5, 5.41) is 3.32. The molecule has 0 unspecified atom stereocenters.